The number of hydrogen-bond donors (Lipinski definition) is 1. The number of sulfonamides is 1. The highest BCUT2D eigenvalue weighted by atomic mass is 32.2. The molecule has 0 aliphatic carbocycles. The molecule has 9 nitrogen and oxygen atoms in total. The van der Waals surface area contributed by atoms with E-state index in [9.17, 15) is 18.0 Å². The maximum absolute atomic E-state index is 12.9. The Hall–Kier alpha value is -3.27. The van der Waals surface area contributed by atoms with Crippen LogP contribution in [0.2, 0.25) is 0 Å². The molecule has 0 bridgehead atoms. The minimum atomic E-state index is -3.81. The fourth-order valence-corrected chi connectivity index (χ4v) is 4.93. The van der Waals surface area contributed by atoms with Crippen molar-refractivity contribution in [2.45, 2.75) is 51.0 Å². The van der Waals surface area contributed by atoms with Crippen molar-refractivity contribution in [3.63, 3.8) is 0 Å². The average Bonchev–Trinajstić information content (AvgIpc) is 3.25. The zero-order valence-electron chi connectivity index (χ0n) is 20.4. The Morgan fingerprint density at radius 3 is 2.49 bits per heavy atom. The second-order valence-corrected chi connectivity index (χ2v) is 11.1. The van der Waals surface area contributed by atoms with E-state index in [1.165, 1.54) is 25.3 Å². The molecule has 0 radical (unpaired) electrons. The third kappa shape index (κ3) is 7.61. The minimum absolute atomic E-state index is 0.116. The number of anilines is 1. The zero-order chi connectivity index (χ0) is 25.6. The topological polar surface area (TPSA) is 111 Å². The van der Waals surface area contributed by atoms with Gasteiger partial charge in [-0.15, -0.1) is 0 Å². The lowest BCUT2D eigenvalue weighted by atomic mass is 10.2. The molecule has 190 valence electrons. The summed E-state index contributed by atoms with van der Waals surface area (Å²) in [6, 6.07) is 12.9. The number of rotatable bonds is 8. The Kier molecular flexibility index (Phi) is 8.26. The van der Waals surface area contributed by atoms with Crippen LogP contribution in [0.15, 0.2) is 48.5 Å². The number of nitrogens with zero attached hydrogens (tertiary/aromatic N) is 1. The van der Waals surface area contributed by atoms with E-state index in [0.29, 0.717) is 12.1 Å². The number of ether oxygens (including phenoxy) is 3. The van der Waals surface area contributed by atoms with Gasteiger partial charge in [0.15, 0.2) is 0 Å². The molecular weight excluding hydrogens is 472 g/mol. The summed E-state index contributed by atoms with van der Waals surface area (Å²) >= 11 is 0. The molecule has 1 N–H and O–H groups in total. The third-order valence-corrected chi connectivity index (χ3v) is 6.55. The Bertz CT molecular complexity index is 1140. The highest BCUT2D eigenvalue weighted by Crippen LogP contribution is 2.30. The summed E-state index contributed by atoms with van der Waals surface area (Å²) in [7, 11) is -2.56. The van der Waals surface area contributed by atoms with Gasteiger partial charge in [0.05, 0.1) is 30.2 Å². The second-order valence-electron chi connectivity index (χ2n) is 9.33. The van der Waals surface area contributed by atoms with Gasteiger partial charge in [0.1, 0.15) is 18.0 Å². The average molecular weight is 505 g/mol. The van der Waals surface area contributed by atoms with E-state index in [0.717, 1.165) is 12.8 Å². The number of benzene rings is 2. The van der Waals surface area contributed by atoms with Gasteiger partial charge in [0.25, 0.3) is 0 Å². The SMILES string of the molecule is COC(=O)c1ccc(OC[C@@H]2CCCN2C(=O)OC(C)(C)C)c(NS(=O)(=O)Cc2ccccc2)c1. The molecule has 10 heteroatoms. The number of carbonyl (C=O) groups is 2. The number of amides is 1. The summed E-state index contributed by atoms with van der Waals surface area (Å²) in [5.41, 5.74) is 0.295. The Morgan fingerprint density at radius 1 is 1.11 bits per heavy atom. The van der Waals surface area contributed by atoms with E-state index in [1.807, 2.05) is 20.8 Å². The van der Waals surface area contributed by atoms with Gasteiger partial charge in [-0.3, -0.25) is 4.72 Å². The Morgan fingerprint density at radius 2 is 1.83 bits per heavy atom. The van der Waals surface area contributed by atoms with Crippen molar-refractivity contribution in [1.29, 1.82) is 0 Å². The van der Waals surface area contributed by atoms with Crippen molar-refractivity contribution in [2.24, 2.45) is 0 Å². The Labute approximate surface area is 206 Å². The number of methoxy groups -OCH3 is 1. The Balaban J connectivity index is 1.78. The first kappa shape index (κ1) is 26.3. The molecule has 1 amide bonds. The van der Waals surface area contributed by atoms with Crippen molar-refractivity contribution < 1.29 is 32.2 Å². The van der Waals surface area contributed by atoms with Crippen LogP contribution in [0, 0.1) is 0 Å². The summed E-state index contributed by atoms with van der Waals surface area (Å²) in [5.74, 6) is -0.609. The van der Waals surface area contributed by atoms with Crippen molar-refractivity contribution in [1.82, 2.24) is 4.90 Å². The first-order chi connectivity index (χ1) is 16.5. The predicted molar refractivity (Wildman–Crippen MR) is 132 cm³/mol. The summed E-state index contributed by atoms with van der Waals surface area (Å²) in [6.07, 6.45) is 1.13. The van der Waals surface area contributed by atoms with Crippen LogP contribution in [-0.4, -0.2) is 57.3 Å². The molecule has 1 fully saturated rings. The van der Waals surface area contributed by atoms with Gasteiger partial charge in [0, 0.05) is 6.54 Å². The molecule has 0 saturated carbocycles. The molecule has 1 aliphatic heterocycles. The van der Waals surface area contributed by atoms with Crippen molar-refractivity contribution >= 4 is 27.8 Å². The lowest BCUT2D eigenvalue weighted by molar-refractivity contribution is 0.0187. The van der Waals surface area contributed by atoms with E-state index < -0.39 is 27.7 Å². The quantitative estimate of drug-likeness (QED) is 0.537. The first-order valence-electron chi connectivity index (χ1n) is 11.4. The number of likely N-dealkylation sites (tertiary alicyclic amines) is 1. The summed E-state index contributed by atoms with van der Waals surface area (Å²) in [5, 5.41) is 0. The highest BCUT2D eigenvalue weighted by molar-refractivity contribution is 7.91. The first-order valence-corrected chi connectivity index (χ1v) is 13.0. The molecule has 2 aromatic carbocycles. The van der Waals surface area contributed by atoms with Crippen LogP contribution in [0.1, 0.15) is 49.5 Å². The van der Waals surface area contributed by atoms with E-state index in [-0.39, 0.29) is 35.4 Å². The fourth-order valence-electron chi connectivity index (χ4n) is 3.73. The van der Waals surface area contributed by atoms with Crippen LogP contribution in [-0.2, 0) is 25.2 Å². The van der Waals surface area contributed by atoms with Gasteiger partial charge in [-0.25, -0.2) is 18.0 Å². The van der Waals surface area contributed by atoms with Gasteiger partial charge < -0.3 is 19.1 Å². The number of carbonyl (C=O) groups excluding carboxylic acids is 2. The summed E-state index contributed by atoms with van der Waals surface area (Å²) < 4.78 is 44.5. The highest BCUT2D eigenvalue weighted by Gasteiger charge is 2.33. The maximum atomic E-state index is 12.9. The van der Waals surface area contributed by atoms with E-state index in [2.05, 4.69) is 4.72 Å². The van der Waals surface area contributed by atoms with Crippen LogP contribution in [0.4, 0.5) is 10.5 Å². The number of nitrogens with one attached hydrogen (secondary N) is 1. The zero-order valence-corrected chi connectivity index (χ0v) is 21.3. The van der Waals surface area contributed by atoms with Crippen LogP contribution >= 0.6 is 0 Å². The van der Waals surface area contributed by atoms with Gasteiger partial charge in [-0.1, -0.05) is 30.3 Å². The monoisotopic (exact) mass is 504 g/mol. The molecule has 0 spiro atoms. The van der Waals surface area contributed by atoms with Crippen LogP contribution < -0.4 is 9.46 Å². The molecule has 35 heavy (non-hydrogen) atoms. The molecule has 3 rings (SSSR count). The molecule has 1 saturated heterocycles. The summed E-state index contributed by atoms with van der Waals surface area (Å²) in [6.45, 7) is 6.13. The lowest BCUT2D eigenvalue weighted by Gasteiger charge is -2.28. The van der Waals surface area contributed by atoms with Gasteiger partial charge in [-0.2, -0.15) is 0 Å². The molecule has 2 aromatic rings. The molecule has 0 aromatic heterocycles. The van der Waals surface area contributed by atoms with Crippen molar-refractivity contribution in [2.75, 3.05) is 25.0 Å². The van der Waals surface area contributed by atoms with Crippen molar-refractivity contribution in [3.8, 4) is 5.75 Å². The van der Waals surface area contributed by atoms with Gasteiger partial charge in [-0.05, 0) is 57.4 Å². The molecule has 1 heterocycles. The van der Waals surface area contributed by atoms with E-state index in [4.69, 9.17) is 14.2 Å². The van der Waals surface area contributed by atoms with Crippen LogP contribution in [0.3, 0.4) is 0 Å². The minimum Gasteiger partial charge on any atom is -0.489 e. The summed E-state index contributed by atoms with van der Waals surface area (Å²) in [4.78, 5) is 26.2. The van der Waals surface area contributed by atoms with Crippen molar-refractivity contribution in [3.05, 3.63) is 59.7 Å². The fraction of sp³-hybridized carbons (Fsp3) is 0.440. The lowest BCUT2D eigenvalue weighted by Crippen LogP contribution is -2.42. The number of esters is 1. The van der Waals surface area contributed by atoms with E-state index in [1.54, 1.807) is 35.2 Å². The largest absolute Gasteiger partial charge is 0.489 e. The smallest absolute Gasteiger partial charge is 0.410 e. The predicted octanol–water partition coefficient (Wildman–Crippen LogP) is 4.19. The number of hydrogen-bond acceptors (Lipinski definition) is 7. The second kappa shape index (κ2) is 11.0. The van der Waals surface area contributed by atoms with Crippen LogP contribution in [0.5, 0.6) is 5.75 Å². The van der Waals surface area contributed by atoms with Gasteiger partial charge >= 0.3 is 12.1 Å². The van der Waals surface area contributed by atoms with Crippen LogP contribution in [0.25, 0.3) is 0 Å². The van der Waals surface area contributed by atoms with E-state index >= 15 is 0 Å². The van der Waals surface area contributed by atoms with Gasteiger partial charge in [0.2, 0.25) is 10.0 Å². The third-order valence-electron chi connectivity index (χ3n) is 5.30. The molecule has 1 aliphatic rings. The molecule has 1 atom stereocenters. The molecular formula is C25H32N2O7S. The normalized spacial score (nSPS) is 16.0. The standard InChI is InChI=1S/C25H32N2O7S/c1-25(2,3)34-24(29)27-14-8-11-20(27)16-33-22-13-12-19(23(28)32-4)15-21(22)26-35(30,31)17-18-9-6-5-7-10-18/h5-7,9-10,12-13,15,20,26H,8,11,14,16-17H2,1-4H3/t20-/m0/s1. The molecule has 0 unspecified atom stereocenters. The maximum Gasteiger partial charge on any atom is 0.410 e.